The van der Waals surface area contributed by atoms with Crippen LogP contribution in [0.3, 0.4) is 0 Å². The third-order valence-corrected chi connectivity index (χ3v) is 4.54. The molecule has 0 aliphatic heterocycles. The van der Waals surface area contributed by atoms with Gasteiger partial charge in [-0.25, -0.2) is 0 Å². The first-order valence-corrected chi connectivity index (χ1v) is 9.74. The Morgan fingerprint density at radius 1 is 1.08 bits per heavy atom. The molecular formula is C19H21ClN2O2S. The van der Waals surface area contributed by atoms with Crippen LogP contribution in [0.5, 0.6) is 0 Å². The molecule has 25 heavy (non-hydrogen) atoms. The van der Waals surface area contributed by atoms with Crippen molar-refractivity contribution in [1.29, 1.82) is 0 Å². The fraction of sp³-hybridized carbons (Fsp3) is 0.263. The molecule has 0 saturated carbocycles. The molecule has 2 amide bonds. The summed E-state index contributed by atoms with van der Waals surface area (Å²) in [6, 6.07) is 15.6. The van der Waals surface area contributed by atoms with Crippen molar-refractivity contribution in [3.8, 4) is 0 Å². The predicted molar refractivity (Wildman–Crippen MR) is 104 cm³/mol. The van der Waals surface area contributed by atoms with Crippen LogP contribution < -0.4 is 10.6 Å². The van der Waals surface area contributed by atoms with Gasteiger partial charge >= 0.3 is 0 Å². The topological polar surface area (TPSA) is 58.2 Å². The molecule has 0 heterocycles. The van der Waals surface area contributed by atoms with Gasteiger partial charge < -0.3 is 10.6 Å². The third-order valence-electron chi connectivity index (χ3n) is 3.65. The Labute approximate surface area is 157 Å². The van der Waals surface area contributed by atoms with E-state index in [9.17, 15) is 9.59 Å². The van der Waals surface area contributed by atoms with Crippen LogP contribution in [0.15, 0.2) is 54.6 Å². The minimum atomic E-state index is -0.563. The summed E-state index contributed by atoms with van der Waals surface area (Å²) in [4.78, 5) is 24.8. The fourth-order valence-corrected chi connectivity index (χ4v) is 2.85. The first kappa shape index (κ1) is 19.3. The van der Waals surface area contributed by atoms with Gasteiger partial charge in [0, 0.05) is 17.1 Å². The monoisotopic (exact) mass is 376 g/mol. The molecule has 0 radical (unpaired) electrons. The van der Waals surface area contributed by atoms with Gasteiger partial charge in [-0.05, 0) is 48.3 Å². The number of amides is 2. The summed E-state index contributed by atoms with van der Waals surface area (Å²) in [6.45, 7) is 0.396. The number of hydrogen-bond donors (Lipinski definition) is 2. The van der Waals surface area contributed by atoms with E-state index in [0.717, 1.165) is 11.3 Å². The van der Waals surface area contributed by atoms with E-state index in [1.165, 1.54) is 0 Å². The lowest BCUT2D eigenvalue weighted by molar-refractivity contribution is -0.123. The first-order valence-electron chi connectivity index (χ1n) is 7.97. The van der Waals surface area contributed by atoms with Crippen molar-refractivity contribution in [2.24, 2.45) is 0 Å². The number of carbonyl (C=O) groups is 2. The highest BCUT2D eigenvalue weighted by atomic mass is 35.5. The van der Waals surface area contributed by atoms with E-state index < -0.39 is 6.04 Å². The third kappa shape index (κ3) is 6.44. The highest BCUT2D eigenvalue weighted by Crippen LogP contribution is 2.10. The first-order chi connectivity index (χ1) is 12.1. The molecule has 0 saturated heterocycles. The molecule has 0 unspecified atom stereocenters. The minimum Gasteiger partial charge on any atom is -0.350 e. The summed E-state index contributed by atoms with van der Waals surface area (Å²) in [6.07, 6.45) is 2.55. The molecule has 0 fully saturated rings. The fourth-order valence-electron chi connectivity index (χ4n) is 2.25. The zero-order valence-corrected chi connectivity index (χ0v) is 15.6. The van der Waals surface area contributed by atoms with Gasteiger partial charge in [-0.2, -0.15) is 11.8 Å². The molecule has 0 aliphatic rings. The van der Waals surface area contributed by atoms with Gasteiger partial charge in [0.15, 0.2) is 0 Å². The Balaban J connectivity index is 1.96. The molecule has 0 bridgehead atoms. The van der Waals surface area contributed by atoms with Gasteiger partial charge in [-0.3, -0.25) is 9.59 Å². The molecule has 2 N–H and O–H groups in total. The van der Waals surface area contributed by atoms with Crippen LogP contribution in [0.1, 0.15) is 22.3 Å². The van der Waals surface area contributed by atoms with Gasteiger partial charge in [0.2, 0.25) is 5.91 Å². The lowest BCUT2D eigenvalue weighted by atomic mass is 10.1. The Morgan fingerprint density at radius 2 is 1.76 bits per heavy atom. The summed E-state index contributed by atoms with van der Waals surface area (Å²) < 4.78 is 0. The van der Waals surface area contributed by atoms with E-state index in [4.69, 9.17) is 11.6 Å². The Bertz CT molecular complexity index is 692. The maximum absolute atomic E-state index is 12.5. The van der Waals surface area contributed by atoms with Crippen LogP contribution >= 0.6 is 23.4 Å². The number of nitrogens with one attached hydrogen (secondary N) is 2. The van der Waals surface area contributed by atoms with Crippen molar-refractivity contribution in [2.45, 2.75) is 19.0 Å². The average Bonchev–Trinajstić information content (AvgIpc) is 2.65. The molecule has 0 spiro atoms. The molecule has 2 aromatic carbocycles. The Hall–Kier alpha value is -1.98. The molecular weight excluding hydrogens is 356 g/mol. The molecule has 1 atom stereocenters. The van der Waals surface area contributed by atoms with Gasteiger partial charge in [0.05, 0.1) is 0 Å². The molecule has 6 heteroatoms. The second-order valence-electron chi connectivity index (χ2n) is 5.52. The van der Waals surface area contributed by atoms with E-state index in [1.807, 2.05) is 24.5 Å². The lowest BCUT2D eigenvalue weighted by Gasteiger charge is -2.18. The van der Waals surface area contributed by atoms with Crippen molar-refractivity contribution < 1.29 is 9.59 Å². The van der Waals surface area contributed by atoms with E-state index in [-0.39, 0.29) is 11.8 Å². The number of halogens is 1. The Morgan fingerprint density at radius 3 is 2.40 bits per heavy atom. The molecule has 2 rings (SSSR count). The lowest BCUT2D eigenvalue weighted by Crippen LogP contribution is -2.46. The normalized spacial score (nSPS) is 11.6. The van der Waals surface area contributed by atoms with Crippen LogP contribution in [-0.2, 0) is 11.3 Å². The maximum atomic E-state index is 12.5. The molecule has 0 aliphatic carbocycles. The smallest absolute Gasteiger partial charge is 0.251 e. The average molecular weight is 377 g/mol. The highest BCUT2D eigenvalue weighted by molar-refractivity contribution is 7.98. The Kier molecular flexibility index (Phi) is 7.82. The van der Waals surface area contributed by atoms with E-state index in [2.05, 4.69) is 10.6 Å². The number of rotatable bonds is 8. The van der Waals surface area contributed by atoms with Crippen LogP contribution in [-0.4, -0.2) is 29.9 Å². The van der Waals surface area contributed by atoms with Gasteiger partial charge in [0.25, 0.3) is 5.91 Å². The molecule has 2 aromatic rings. The van der Waals surface area contributed by atoms with Crippen molar-refractivity contribution in [1.82, 2.24) is 10.6 Å². The van der Waals surface area contributed by atoms with E-state index in [0.29, 0.717) is 23.6 Å². The zero-order valence-electron chi connectivity index (χ0n) is 14.0. The number of thioether (sulfide) groups is 1. The summed E-state index contributed by atoms with van der Waals surface area (Å²) in [5.41, 5.74) is 1.50. The minimum absolute atomic E-state index is 0.187. The number of benzene rings is 2. The number of carbonyl (C=O) groups excluding carboxylic acids is 2. The van der Waals surface area contributed by atoms with Crippen LogP contribution in [0.25, 0.3) is 0 Å². The van der Waals surface area contributed by atoms with Crippen molar-refractivity contribution in [3.05, 3.63) is 70.7 Å². The predicted octanol–water partition coefficient (Wildman–Crippen LogP) is 3.51. The molecule has 4 nitrogen and oxygen atoms in total. The largest absolute Gasteiger partial charge is 0.350 e. The van der Waals surface area contributed by atoms with Gasteiger partial charge in [0.1, 0.15) is 6.04 Å². The second kappa shape index (κ2) is 10.1. The van der Waals surface area contributed by atoms with Gasteiger partial charge in [-0.15, -0.1) is 0 Å². The quantitative estimate of drug-likeness (QED) is 0.741. The summed E-state index contributed by atoms with van der Waals surface area (Å²) in [7, 11) is 0. The molecule has 132 valence electrons. The summed E-state index contributed by atoms with van der Waals surface area (Å²) in [5.74, 6) is 0.357. The molecule has 0 aromatic heterocycles. The van der Waals surface area contributed by atoms with E-state index >= 15 is 0 Å². The van der Waals surface area contributed by atoms with Crippen molar-refractivity contribution in [3.63, 3.8) is 0 Å². The van der Waals surface area contributed by atoms with Crippen molar-refractivity contribution >= 4 is 35.2 Å². The second-order valence-corrected chi connectivity index (χ2v) is 6.94. The SMILES string of the molecule is CSCC[C@@H](NC(=O)c1ccccc1)C(=O)NCc1ccc(Cl)cc1. The van der Waals surface area contributed by atoms with Gasteiger partial charge in [-0.1, -0.05) is 41.9 Å². The zero-order chi connectivity index (χ0) is 18.1. The van der Waals surface area contributed by atoms with Crippen LogP contribution in [0, 0.1) is 0 Å². The van der Waals surface area contributed by atoms with Crippen LogP contribution in [0.2, 0.25) is 5.02 Å². The van der Waals surface area contributed by atoms with E-state index in [1.54, 1.807) is 48.2 Å². The van der Waals surface area contributed by atoms with Crippen molar-refractivity contribution in [2.75, 3.05) is 12.0 Å². The number of hydrogen-bond acceptors (Lipinski definition) is 3. The van der Waals surface area contributed by atoms with Crippen LogP contribution in [0.4, 0.5) is 0 Å². The standard InChI is InChI=1S/C19H21ClN2O2S/c1-25-12-11-17(22-18(23)15-5-3-2-4-6-15)19(24)21-13-14-7-9-16(20)10-8-14/h2-10,17H,11-13H2,1H3,(H,21,24)(H,22,23)/t17-/m1/s1. The summed E-state index contributed by atoms with van der Waals surface area (Å²) in [5, 5.41) is 6.36. The highest BCUT2D eigenvalue weighted by Gasteiger charge is 2.20. The maximum Gasteiger partial charge on any atom is 0.251 e. The summed E-state index contributed by atoms with van der Waals surface area (Å²) >= 11 is 7.50.